The first-order chi connectivity index (χ1) is 15.2. The number of hydrogen-bond acceptors (Lipinski definition) is 0. The highest BCUT2D eigenvalue weighted by molar-refractivity contribution is 5.90. The Morgan fingerprint density at radius 3 is 1.74 bits per heavy atom. The summed E-state index contributed by atoms with van der Waals surface area (Å²) in [4.78, 5) is 0. The summed E-state index contributed by atoms with van der Waals surface area (Å²) in [5.74, 6) is 0. The van der Waals surface area contributed by atoms with Crippen molar-refractivity contribution in [2.24, 2.45) is 0 Å². The lowest BCUT2D eigenvalue weighted by molar-refractivity contribution is 1.09. The Morgan fingerprint density at radius 2 is 1.13 bits per heavy atom. The van der Waals surface area contributed by atoms with Crippen LogP contribution in [0.25, 0.3) is 21.5 Å². The van der Waals surface area contributed by atoms with Gasteiger partial charge in [0, 0.05) is 0 Å². The second-order valence-corrected chi connectivity index (χ2v) is 7.28. The maximum absolute atomic E-state index is 2.41. The van der Waals surface area contributed by atoms with Crippen LogP contribution in [-0.4, -0.2) is 0 Å². The van der Waals surface area contributed by atoms with Gasteiger partial charge in [0.25, 0.3) is 0 Å². The number of fused-ring (bicyclic) bond motifs is 2. The zero-order valence-corrected chi connectivity index (χ0v) is 21.0. The van der Waals surface area contributed by atoms with Crippen LogP contribution >= 0.6 is 0 Å². The Morgan fingerprint density at radius 1 is 0.581 bits per heavy atom. The molecule has 0 heterocycles. The molecular weight excluding hydrogens is 372 g/mol. The van der Waals surface area contributed by atoms with Crippen LogP contribution < -0.4 is 0 Å². The molecule has 0 atom stereocenters. The van der Waals surface area contributed by atoms with Crippen LogP contribution in [0.2, 0.25) is 0 Å². The maximum atomic E-state index is 2.41. The quantitative estimate of drug-likeness (QED) is 0.313. The lowest BCUT2D eigenvalue weighted by atomic mass is 9.91. The number of hydrogen-bond donors (Lipinski definition) is 0. The van der Waals surface area contributed by atoms with Crippen molar-refractivity contribution < 1.29 is 0 Å². The largest absolute Gasteiger partial charge is 0.0683 e. The predicted octanol–water partition coefficient (Wildman–Crippen LogP) is 9.92. The van der Waals surface area contributed by atoms with Crippen molar-refractivity contribution in [1.82, 2.24) is 0 Å². The number of aryl methyl sites for hydroxylation is 2. The van der Waals surface area contributed by atoms with Crippen LogP contribution in [0.4, 0.5) is 0 Å². The second-order valence-electron chi connectivity index (χ2n) is 7.28. The summed E-state index contributed by atoms with van der Waals surface area (Å²) in [5.41, 5.74) is 5.69. The molecule has 0 aliphatic heterocycles. The summed E-state index contributed by atoms with van der Waals surface area (Å²) >= 11 is 0. The van der Waals surface area contributed by atoms with Crippen molar-refractivity contribution in [2.45, 2.75) is 74.7 Å². The summed E-state index contributed by atoms with van der Waals surface area (Å²) in [5, 5.41) is 5.43. The van der Waals surface area contributed by atoms with Crippen molar-refractivity contribution in [1.29, 1.82) is 0 Å². The average Bonchev–Trinajstić information content (AvgIpc) is 2.84. The van der Waals surface area contributed by atoms with Crippen molar-refractivity contribution in [3.8, 4) is 0 Å². The molecule has 0 aliphatic carbocycles. The molecule has 0 amide bonds. The van der Waals surface area contributed by atoms with E-state index in [1.165, 1.54) is 50.2 Å². The van der Waals surface area contributed by atoms with Crippen LogP contribution in [0.1, 0.15) is 77.1 Å². The fraction of sp³-hybridized carbons (Fsp3) is 0.355. The Balaban J connectivity index is 0.000000620. The van der Waals surface area contributed by atoms with Crippen molar-refractivity contribution >= 4 is 21.5 Å². The van der Waals surface area contributed by atoms with Crippen LogP contribution in [0.15, 0.2) is 72.8 Å². The molecule has 0 bridgehead atoms. The van der Waals surface area contributed by atoms with Gasteiger partial charge in [-0.3, -0.25) is 0 Å². The first kappa shape index (κ1) is 26.4. The Hall–Kier alpha value is -2.60. The zero-order valence-electron chi connectivity index (χ0n) is 21.0. The lowest BCUT2D eigenvalue weighted by Crippen LogP contribution is -1.97. The van der Waals surface area contributed by atoms with Gasteiger partial charge in [-0.25, -0.2) is 0 Å². The highest BCUT2D eigenvalue weighted by Gasteiger charge is 2.09. The van der Waals surface area contributed by atoms with Crippen molar-refractivity contribution in [3.05, 3.63) is 95.1 Å². The van der Waals surface area contributed by atoms with E-state index < -0.39 is 0 Å². The molecule has 0 radical (unpaired) electrons. The third-order valence-electron chi connectivity index (χ3n) is 5.10. The molecule has 0 heteroatoms. The molecule has 0 N–H and O–H groups in total. The van der Waals surface area contributed by atoms with Gasteiger partial charge in [-0.15, -0.1) is 0 Å². The van der Waals surface area contributed by atoms with Gasteiger partial charge < -0.3 is 0 Å². The third-order valence-corrected chi connectivity index (χ3v) is 5.10. The van der Waals surface area contributed by atoms with Gasteiger partial charge in [-0.1, -0.05) is 128 Å². The van der Waals surface area contributed by atoms with Gasteiger partial charge in [0.05, 0.1) is 0 Å². The van der Waals surface area contributed by atoms with Crippen LogP contribution in [0.5, 0.6) is 0 Å². The summed E-state index contributed by atoms with van der Waals surface area (Å²) in [6.07, 6.45) is 3.32. The molecule has 0 aliphatic rings. The maximum Gasteiger partial charge on any atom is -0.00226 e. The molecule has 0 nitrogen and oxygen atoms in total. The van der Waals surface area contributed by atoms with Gasteiger partial charge in [0.15, 0.2) is 0 Å². The number of benzene rings is 4. The van der Waals surface area contributed by atoms with E-state index in [0.717, 1.165) is 12.8 Å². The molecule has 0 fully saturated rings. The molecule has 4 aromatic rings. The number of rotatable bonds is 3. The minimum Gasteiger partial charge on any atom is -0.0683 e. The molecule has 4 rings (SSSR count). The van der Waals surface area contributed by atoms with Crippen molar-refractivity contribution in [3.63, 3.8) is 0 Å². The molecule has 4 aromatic carbocycles. The normalized spacial score (nSPS) is 9.68. The van der Waals surface area contributed by atoms with Gasteiger partial charge in [-0.2, -0.15) is 0 Å². The third kappa shape index (κ3) is 6.96. The van der Waals surface area contributed by atoms with Gasteiger partial charge in [-0.05, 0) is 63.6 Å². The molecule has 166 valence electrons. The Kier molecular flexibility index (Phi) is 12.3. The molecule has 31 heavy (non-hydrogen) atoms. The van der Waals surface area contributed by atoms with Gasteiger partial charge in [0.1, 0.15) is 0 Å². The van der Waals surface area contributed by atoms with Crippen LogP contribution in [-0.2, 0) is 12.8 Å². The zero-order chi connectivity index (χ0) is 23.2. The Bertz CT molecular complexity index is 1040. The standard InChI is InChI=1S/C24H22.C3H8.2C2H6/c1-3-19-16-22(17(2)23-10-6-7-11-24(19)23)15-18-12-13-20-8-4-5-9-21(20)14-18;1-3-2;2*1-2/h4-14,16H,3,15H2,1-2H3;3H2,1-2H3;2*1-2H3. The monoisotopic (exact) mass is 414 g/mol. The fourth-order valence-corrected chi connectivity index (χ4v) is 3.70. The highest BCUT2D eigenvalue weighted by atomic mass is 14.1. The SMILES string of the molecule is CC.CC.CCC.CCc1cc(Cc2ccc3ccccc3c2)c(C)c2ccccc12. The topological polar surface area (TPSA) is 0 Å². The second kappa shape index (κ2) is 14.4. The first-order valence-corrected chi connectivity index (χ1v) is 12.2. The minimum atomic E-state index is 0.995. The highest BCUT2D eigenvalue weighted by Crippen LogP contribution is 2.28. The molecule has 0 aromatic heterocycles. The first-order valence-electron chi connectivity index (χ1n) is 12.2. The average molecular weight is 415 g/mol. The van der Waals surface area contributed by atoms with Crippen molar-refractivity contribution in [2.75, 3.05) is 0 Å². The predicted molar refractivity (Wildman–Crippen MR) is 143 cm³/mol. The van der Waals surface area contributed by atoms with E-state index in [1.54, 1.807) is 0 Å². The summed E-state index contributed by atoms with van der Waals surface area (Å²) in [6.45, 7) is 16.8. The summed E-state index contributed by atoms with van der Waals surface area (Å²) < 4.78 is 0. The fourth-order valence-electron chi connectivity index (χ4n) is 3.70. The van der Waals surface area contributed by atoms with E-state index in [9.17, 15) is 0 Å². The van der Waals surface area contributed by atoms with E-state index in [1.807, 2.05) is 27.7 Å². The van der Waals surface area contributed by atoms with E-state index >= 15 is 0 Å². The smallest absolute Gasteiger partial charge is 0.00226 e. The molecular formula is C31H42. The molecule has 0 unspecified atom stereocenters. The van der Waals surface area contributed by atoms with Gasteiger partial charge >= 0.3 is 0 Å². The van der Waals surface area contributed by atoms with E-state index in [2.05, 4.69) is 100 Å². The van der Waals surface area contributed by atoms with Crippen LogP contribution in [0.3, 0.4) is 0 Å². The van der Waals surface area contributed by atoms with E-state index in [4.69, 9.17) is 0 Å². The molecule has 0 saturated heterocycles. The van der Waals surface area contributed by atoms with Crippen LogP contribution in [0, 0.1) is 6.92 Å². The Labute approximate surface area is 191 Å². The molecule has 0 saturated carbocycles. The molecule has 0 spiro atoms. The summed E-state index contributed by atoms with van der Waals surface area (Å²) in [6, 6.07) is 26.6. The van der Waals surface area contributed by atoms with E-state index in [0.29, 0.717) is 0 Å². The minimum absolute atomic E-state index is 0.995. The van der Waals surface area contributed by atoms with E-state index in [-0.39, 0.29) is 0 Å². The summed E-state index contributed by atoms with van der Waals surface area (Å²) in [7, 11) is 0. The van der Waals surface area contributed by atoms with Gasteiger partial charge in [0.2, 0.25) is 0 Å². The lowest BCUT2D eigenvalue weighted by Gasteiger charge is -2.14.